The van der Waals surface area contributed by atoms with Crippen LogP contribution in [0.2, 0.25) is 0 Å². The van der Waals surface area contributed by atoms with Gasteiger partial charge in [-0.3, -0.25) is 9.59 Å². The summed E-state index contributed by atoms with van der Waals surface area (Å²) in [4.78, 5) is 23.4. The molecule has 4 heteroatoms. The van der Waals surface area contributed by atoms with E-state index < -0.39 is 0 Å². The summed E-state index contributed by atoms with van der Waals surface area (Å²) in [5.41, 5.74) is 0. The van der Waals surface area contributed by atoms with Gasteiger partial charge < -0.3 is 10.1 Å². The fourth-order valence-corrected chi connectivity index (χ4v) is 2.40. The Bertz CT molecular complexity index is 306. The molecule has 0 heterocycles. The second kappa shape index (κ2) is 6.21. The number of carbonyl (C=O) groups is 2. The summed E-state index contributed by atoms with van der Waals surface area (Å²) >= 11 is 0. The van der Waals surface area contributed by atoms with E-state index in [1.54, 1.807) is 0 Å². The summed E-state index contributed by atoms with van der Waals surface area (Å²) in [7, 11) is 0. The van der Waals surface area contributed by atoms with E-state index in [1.807, 2.05) is 6.92 Å². The highest BCUT2D eigenvalue weighted by Crippen LogP contribution is 2.29. The number of ether oxygens (including phenoxy) is 1. The largest absolute Gasteiger partial charge is 0.465 e. The smallest absolute Gasteiger partial charge is 0.307 e. The molecule has 2 rings (SSSR count). The summed E-state index contributed by atoms with van der Waals surface area (Å²) in [5, 5.41) is 2.92. The fraction of sp³-hybridized carbons (Fsp3) is 0.857. The van der Waals surface area contributed by atoms with E-state index in [0.717, 1.165) is 25.7 Å². The maximum atomic E-state index is 11.9. The third-order valence-corrected chi connectivity index (χ3v) is 3.76. The van der Waals surface area contributed by atoms with Crippen LogP contribution in [0.5, 0.6) is 0 Å². The number of amides is 1. The van der Waals surface area contributed by atoms with Gasteiger partial charge >= 0.3 is 5.97 Å². The predicted molar refractivity (Wildman–Crippen MR) is 67.9 cm³/mol. The highest BCUT2D eigenvalue weighted by atomic mass is 16.5. The average molecular weight is 253 g/mol. The van der Waals surface area contributed by atoms with E-state index in [0.29, 0.717) is 12.5 Å². The lowest BCUT2D eigenvalue weighted by atomic mass is 10.1. The van der Waals surface area contributed by atoms with Gasteiger partial charge in [-0.05, 0) is 38.5 Å². The van der Waals surface area contributed by atoms with Crippen molar-refractivity contribution in [2.45, 2.75) is 57.9 Å². The molecule has 2 fully saturated rings. The van der Waals surface area contributed by atoms with Gasteiger partial charge in [-0.2, -0.15) is 0 Å². The Kier molecular flexibility index (Phi) is 4.61. The van der Waals surface area contributed by atoms with Crippen molar-refractivity contribution in [1.29, 1.82) is 0 Å². The van der Waals surface area contributed by atoms with Crippen molar-refractivity contribution in [2.24, 2.45) is 11.8 Å². The molecule has 1 atom stereocenters. The topological polar surface area (TPSA) is 55.4 Å². The van der Waals surface area contributed by atoms with Gasteiger partial charge in [-0.25, -0.2) is 0 Å². The van der Waals surface area contributed by atoms with Crippen LogP contribution in [-0.2, 0) is 14.3 Å². The maximum Gasteiger partial charge on any atom is 0.307 e. The van der Waals surface area contributed by atoms with Crippen LogP contribution in [0.15, 0.2) is 0 Å². The Morgan fingerprint density at radius 1 is 1.22 bits per heavy atom. The number of esters is 1. The number of hydrogen-bond donors (Lipinski definition) is 1. The van der Waals surface area contributed by atoms with Crippen LogP contribution >= 0.6 is 0 Å². The van der Waals surface area contributed by atoms with Gasteiger partial charge in [0.1, 0.15) is 0 Å². The normalized spacial score (nSPS) is 21.6. The molecule has 1 amide bonds. The summed E-state index contributed by atoms with van der Waals surface area (Å²) < 4.78 is 5.15. The van der Waals surface area contributed by atoms with Crippen molar-refractivity contribution in [3.63, 3.8) is 0 Å². The molecule has 0 aromatic carbocycles. The molecule has 0 radical (unpaired) electrons. The molecule has 0 aromatic rings. The highest BCUT2D eigenvalue weighted by Gasteiger charge is 2.25. The Morgan fingerprint density at radius 3 is 2.50 bits per heavy atom. The maximum absolute atomic E-state index is 11.9. The van der Waals surface area contributed by atoms with E-state index in [4.69, 9.17) is 4.74 Å². The van der Waals surface area contributed by atoms with Gasteiger partial charge in [0.25, 0.3) is 0 Å². The average Bonchev–Trinajstić information content (AvgIpc) is 2.98. The summed E-state index contributed by atoms with van der Waals surface area (Å²) in [5.74, 6) is 0.670. The van der Waals surface area contributed by atoms with Gasteiger partial charge in [0.2, 0.25) is 5.91 Å². The van der Waals surface area contributed by atoms with Gasteiger partial charge in [0.15, 0.2) is 0 Å². The van der Waals surface area contributed by atoms with E-state index in [-0.39, 0.29) is 30.3 Å². The summed E-state index contributed by atoms with van der Waals surface area (Å²) in [6.45, 7) is 2.42. The molecule has 0 aliphatic heterocycles. The van der Waals surface area contributed by atoms with Gasteiger partial charge in [-0.1, -0.05) is 12.8 Å². The summed E-state index contributed by atoms with van der Waals surface area (Å²) in [6, 6.07) is -0.121. The lowest BCUT2D eigenvalue weighted by Crippen LogP contribution is -2.38. The van der Waals surface area contributed by atoms with Crippen LogP contribution in [0.4, 0.5) is 0 Å². The minimum absolute atomic E-state index is 0.106. The van der Waals surface area contributed by atoms with Crippen LogP contribution in [-0.4, -0.2) is 24.5 Å². The van der Waals surface area contributed by atoms with Crippen molar-refractivity contribution in [2.75, 3.05) is 6.61 Å². The molecule has 2 aliphatic carbocycles. The molecule has 1 N–H and O–H groups in total. The van der Waals surface area contributed by atoms with Crippen LogP contribution in [0.3, 0.4) is 0 Å². The third kappa shape index (κ3) is 4.31. The predicted octanol–water partition coefficient (Wildman–Crippen LogP) is 2.02. The Morgan fingerprint density at radius 2 is 1.89 bits per heavy atom. The molecule has 102 valence electrons. The van der Waals surface area contributed by atoms with Crippen molar-refractivity contribution >= 4 is 11.9 Å². The number of carbonyl (C=O) groups excluding carboxylic acids is 2. The molecule has 18 heavy (non-hydrogen) atoms. The van der Waals surface area contributed by atoms with E-state index in [1.165, 1.54) is 12.8 Å². The number of nitrogens with one attached hydrogen (secondary N) is 1. The highest BCUT2D eigenvalue weighted by molar-refractivity contribution is 5.80. The molecule has 0 saturated heterocycles. The molecule has 1 unspecified atom stereocenters. The Balaban J connectivity index is 1.61. The monoisotopic (exact) mass is 253 g/mol. The standard InChI is InChI=1S/C14H23NO3/c1-10(8-13(16)18-9-11-6-7-11)15-14(17)12-4-2-3-5-12/h10-12H,2-9H2,1H3,(H,15,17). The van der Waals surface area contributed by atoms with Crippen molar-refractivity contribution in [1.82, 2.24) is 5.32 Å². The van der Waals surface area contributed by atoms with Crippen LogP contribution in [0.1, 0.15) is 51.9 Å². The molecular formula is C14H23NO3. The third-order valence-electron chi connectivity index (χ3n) is 3.76. The quantitative estimate of drug-likeness (QED) is 0.737. The van der Waals surface area contributed by atoms with Crippen LogP contribution < -0.4 is 5.32 Å². The molecule has 0 bridgehead atoms. The molecule has 0 aromatic heterocycles. The molecule has 2 saturated carbocycles. The number of rotatable bonds is 6. The zero-order chi connectivity index (χ0) is 13.0. The fourth-order valence-electron chi connectivity index (χ4n) is 2.40. The lowest BCUT2D eigenvalue weighted by molar-refractivity contribution is -0.144. The van der Waals surface area contributed by atoms with E-state index >= 15 is 0 Å². The Hall–Kier alpha value is -1.06. The first kappa shape index (κ1) is 13.4. The Labute approximate surface area is 108 Å². The van der Waals surface area contributed by atoms with Gasteiger partial charge in [-0.15, -0.1) is 0 Å². The van der Waals surface area contributed by atoms with E-state index in [9.17, 15) is 9.59 Å². The molecule has 0 spiro atoms. The van der Waals surface area contributed by atoms with Crippen LogP contribution in [0.25, 0.3) is 0 Å². The zero-order valence-electron chi connectivity index (χ0n) is 11.1. The first-order chi connectivity index (χ1) is 8.65. The van der Waals surface area contributed by atoms with Crippen molar-refractivity contribution < 1.29 is 14.3 Å². The first-order valence-corrected chi connectivity index (χ1v) is 7.11. The lowest BCUT2D eigenvalue weighted by Gasteiger charge is -2.16. The van der Waals surface area contributed by atoms with Crippen molar-refractivity contribution in [3.8, 4) is 0 Å². The second-order valence-electron chi connectivity index (χ2n) is 5.72. The molecular weight excluding hydrogens is 230 g/mol. The molecule has 4 nitrogen and oxygen atoms in total. The summed E-state index contributed by atoms with van der Waals surface area (Å²) in [6.07, 6.45) is 6.93. The first-order valence-electron chi connectivity index (χ1n) is 7.11. The van der Waals surface area contributed by atoms with Crippen LogP contribution in [0, 0.1) is 11.8 Å². The number of hydrogen-bond acceptors (Lipinski definition) is 3. The minimum Gasteiger partial charge on any atom is -0.465 e. The van der Waals surface area contributed by atoms with Gasteiger partial charge in [0.05, 0.1) is 13.0 Å². The van der Waals surface area contributed by atoms with Gasteiger partial charge in [0, 0.05) is 12.0 Å². The SMILES string of the molecule is CC(CC(=O)OCC1CC1)NC(=O)C1CCCC1. The minimum atomic E-state index is -0.193. The van der Waals surface area contributed by atoms with Crippen molar-refractivity contribution in [3.05, 3.63) is 0 Å². The second-order valence-corrected chi connectivity index (χ2v) is 5.72. The zero-order valence-corrected chi connectivity index (χ0v) is 11.1. The molecule has 2 aliphatic rings. The van der Waals surface area contributed by atoms with E-state index in [2.05, 4.69) is 5.32 Å².